The molecule has 0 aliphatic rings. The van der Waals surface area contributed by atoms with E-state index in [2.05, 4.69) is 10.6 Å². The lowest BCUT2D eigenvalue weighted by atomic mass is 10.2. The second-order valence-electron chi connectivity index (χ2n) is 16.3. The Morgan fingerprint density at radius 3 is 1.19 bits per heavy atom. The van der Waals surface area contributed by atoms with Crippen LogP contribution in [0.25, 0.3) is 11.4 Å². The molecule has 0 atom stereocenters. The Balaban J connectivity index is 1.99. The number of carbonyl (C=O) groups is 4. The minimum Gasteiger partial charge on any atom is -0.444 e. The Kier molecular flexibility index (Phi) is 16.6. The summed E-state index contributed by atoms with van der Waals surface area (Å²) in [6.45, 7) is 24.0. The largest absolute Gasteiger partial charge is 0.444 e. The molecule has 0 spiro atoms. The zero-order valence-corrected chi connectivity index (χ0v) is 34.7. The number of thiazole rings is 2. The van der Waals surface area contributed by atoms with Gasteiger partial charge in [-0.2, -0.15) is 0 Å². The molecule has 2 N–H and O–H groups in total. The number of nitrogens with zero attached hydrogens (tertiary/aromatic N) is 4. The molecule has 0 aliphatic carbocycles. The maximum atomic E-state index is 13.0. The van der Waals surface area contributed by atoms with Gasteiger partial charge in [0.15, 0.2) is 0 Å². The first-order valence-electron chi connectivity index (χ1n) is 17.7. The van der Waals surface area contributed by atoms with Gasteiger partial charge >= 0.3 is 24.4 Å². The molecule has 0 saturated heterocycles. The highest BCUT2D eigenvalue weighted by Crippen LogP contribution is 2.25. The standard InChI is InChI=1S/C36H60N6O8S2/c1-33(2,3)47-29(43)37-17-13-19-41(31(45)49-35(7,8)9)21-15-27-39-25(23-51-27)26-24-52-28(40-26)16-22-42(32(46)50-36(10,11)12)20-14-18-38-30(44)48-34(4,5)6/h23-24H,13-22H2,1-12H3,(H,37,43)(H,38,44). The van der Waals surface area contributed by atoms with Crippen LogP contribution in [0.1, 0.15) is 106 Å². The third-order valence-electron chi connectivity index (χ3n) is 6.41. The summed E-state index contributed by atoms with van der Waals surface area (Å²) in [4.78, 5) is 62.9. The Morgan fingerprint density at radius 2 is 0.885 bits per heavy atom. The van der Waals surface area contributed by atoms with E-state index in [1.54, 1.807) is 51.3 Å². The summed E-state index contributed by atoms with van der Waals surface area (Å²) in [5, 5.41) is 11.0. The van der Waals surface area contributed by atoms with Crippen LogP contribution < -0.4 is 10.6 Å². The first-order chi connectivity index (χ1) is 23.9. The Bertz CT molecular complexity index is 1340. The van der Waals surface area contributed by atoms with Crippen LogP contribution in [0.4, 0.5) is 19.2 Å². The first-order valence-corrected chi connectivity index (χ1v) is 19.4. The lowest BCUT2D eigenvalue weighted by Crippen LogP contribution is -2.40. The molecule has 0 aliphatic heterocycles. The van der Waals surface area contributed by atoms with E-state index in [0.29, 0.717) is 65.0 Å². The van der Waals surface area contributed by atoms with E-state index < -0.39 is 46.8 Å². The molecule has 2 aromatic rings. The molecule has 0 aromatic carbocycles. The fourth-order valence-corrected chi connectivity index (χ4v) is 5.90. The number of hydrogen-bond acceptors (Lipinski definition) is 12. The molecule has 16 heteroatoms. The molecule has 294 valence electrons. The van der Waals surface area contributed by atoms with Gasteiger partial charge in [0, 0.05) is 62.9 Å². The predicted molar refractivity (Wildman–Crippen MR) is 204 cm³/mol. The molecule has 0 saturated carbocycles. The molecule has 2 rings (SSSR count). The quantitative estimate of drug-likeness (QED) is 0.136. The van der Waals surface area contributed by atoms with Gasteiger partial charge in [0.1, 0.15) is 33.8 Å². The second kappa shape index (κ2) is 19.4. The average molecular weight is 769 g/mol. The number of ether oxygens (including phenoxy) is 4. The third kappa shape index (κ3) is 19.3. The summed E-state index contributed by atoms with van der Waals surface area (Å²) in [5.74, 6) is 0. The summed E-state index contributed by atoms with van der Waals surface area (Å²) in [6.07, 6.45) is 0.247. The van der Waals surface area contributed by atoms with Crippen molar-refractivity contribution in [3.63, 3.8) is 0 Å². The van der Waals surface area contributed by atoms with Crippen molar-refractivity contribution in [2.24, 2.45) is 0 Å². The summed E-state index contributed by atoms with van der Waals surface area (Å²) in [5.41, 5.74) is -0.997. The van der Waals surface area contributed by atoms with Crippen LogP contribution in [-0.2, 0) is 31.8 Å². The summed E-state index contributed by atoms with van der Waals surface area (Å²) < 4.78 is 21.8. The molecule has 52 heavy (non-hydrogen) atoms. The monoisotopic (exact) mass is 768 g/mol. The van der Waals surface area contributed by atoms with Gasteiger partial charge in [0.05, 0.1) is 10.0 Å². The minimum absolute atomic E-state index is 0.350. The van der Waals surface area contributed by atoms with Crippen molar-refractivity contribution in [3.05, 3.63) is 20.8 Å². The van der Waals surface area contributed by atoms with Crippen molar-refractivity contribution in [2.75, 3.05) is 39.3 Å². The smallest absolute Gasteiger partial charge is 0.410 e. The van der Waals surface area contributed by atoms with E-state index in [9.17, 15) is 19.2 Å². The van der Waals surface area contributed by atoms with Gasteiger partial charge in [-0.15, -0.1) is 22.7 Å². The summed E-state index contributed by atoms with van der Waals surface area (Å²) in [7, 11) is 0. The molecule has 2 heterocycles. The second-order valence-corrected chi connectivity index (χ2v) is 18.1. The van der Waals surface area contributed by atoms with Gasteiger partial charge in [-0.3, -0.25) is 0 Å². The van der Waals surface area contributed by atoms with Gasteiger partial charge in [-0.1, -0.05) is 0 Å². The van der Waals surface area contributed by atoms with Crippen molar-refractivity contribution >= 4 is 47.0 Å². The molecular formula is C36H60N6O8S2. The minimum atomic E-state index is -0.649. The molecule has 0 unspecified atom stereocenters. The lowest BCUT2D eigenvalue weighted by molar-refractivity contribution is 0.0237. The van der Waals surface area contributed by atoms with Crippen molar-refractivity contribution in [2.45, 2.75) is 131 Å². The van der Waals surface area contributed by atoms with Gasteiger partial charge in [0.2, 0.25) is 0 Å². The van der Waals surface area contributed by atoms with Crippen molar-refractivity contribution < 1.29 is 38.1 Å². The van der Waals surface area contributed by atoms with Crippen LogP contribution in [0, 0.1) is 0 Å². The van der Waals surface area contributed by atoms with E-state index in [-0.39, 0.29) is 0 Å². The fourth-order valence-electron chi connectivity index (χ4n) is 4.34. The zero-order valence-electron chi connectivity index (χ0n) is 33.1. The summed E-state index contributed by atoms with van der Waals surface area (Å²) in [6, 6.07) is 0. The average Bonchev–Trinajstić information content (AvgIpc) is 3.62. The Labute approximate surface area is 317 Å². The maximum Gasteiger partial charge on any atom is 0.410 e. The van der Waals surface area contributed by atoms with Gasteiger partial charge in [-0.05, 0) is 95.9 Å². The molecule has 0 radical (unpaired) electrons. The number of alkyl carbamates (subject to hydrolysis) is 2. The number of aromatic nitrogens is 2. The highest BCUT2D eigenvalue weighted by molar-refractivity contribution is 7.10. The number of hydrogen-bond donors (Lipinski definition) is 2. The van der Waals surface area contributed by atoms with Gasteiger partial charge in [0.25, 0.3) is 0 Å². The van der Waals surface area contributed by atoms with Gasteiger partial charge in [-0.25, -0.2) is 29.1 Å². The van der Waals surface area contributed by atoms with Crippen LogP contribution >= 0.6 is 22.7 Å². The van der Waals surface area contributed by atoms with Crippen molar-refractivity contribution in [3.8, 4) is 11.4 Å². The summed E-state index contributed by atoms with van der Waals surface area (Å²) >= 11 is 2.99. The highest BCUT2D eigenvalue weighted by atomic mass is 32.1. The molecule has 0 bridgehead atoms. The number of nitrogens with one attached hydrogen (secondary N) is 2. The van der Waals surface area contributed by atoms with E-state index >= 15 is 0 Å². The van der Waals surface area contributed by atoms with Crippen LogP contribution in [-0.4, -0.2) is 106 Å². The van der Waals surface area contributed by atoms with E-state index in [1.807, 2.05) is 52.3 Å². The van der Waals surface area contributed by atoms with E-state index in [0.717, 1.165) is 21.4 Å². The molecule has 2 aromatic heterocycles. The number of rotatable bonds is 15. The normalized spacial score (nSPS) is 12.2. The first kappa shape index (κ1) is 44.5. The number of amides is 4. The van der Waals surface area contributed by atoms with Crippen LogP contribution in [0.2, 0.25) is 0 Å². The van der Waals surface area contributed by atoms with E-state index in [1.165, 1.54) is 22.7 Å². The van der Waals surface area contributed by atoms with Crippen molar-refractivity contribution in [1.29, 1.82) is 0 Å². The zero-order chi connectivity index (χ0) is 39.3. The number of carbonyl (C=O) groups excluding carboxylic acids is 4. The lowest BCUT2D eigenvalue weighted by Gasteiger charge is -2.27. The molecular weight excluding hydrogens is 709 g/mol. The topological polar surface area (TPSA) is 162 Å². The predicted octanol–water partition coefficient (Wildman–Crippen LogP) is 7.66. The maximum absolute atomic E-state index is 13.0. The van der Waals surface area contributed by atoms with E-state index in [4.69, 9.17) is 28.9 Å². The van der Waals surface area contributed by atoms with Crippen LogP contribution in [0.3, 0.4) is 0 Å². The fraction of sp³-hybridized carbons (Fsp3) is 0.722. The van der Waals surface area contributed by atoms with Gasteiger partial charge < -0.3 is 39.4 Å². The van der Waals surface area contributed by atoms with Crippen molar-refractivity contribution in [1.82, 2.24) is 30.4 Å². The highest BCUT2D eigenvalue weighted by Gasteiger charge is 2.25. The molecule has 14 nitrogen and oxygen atoms in total. The van der Waals surface area contributed by atoms with Crippen LogP contribution in [0.5, 0.6) is 0 Å². The molecule has 0 fully saturated rings. The molecule has 4 amide bonds. The van der Waals surface area contributed by atoms with Crippen LogP contribution in [0.15, 0.2) is 10.8 Å². The Morgan fingerprint density at radius 1 is 0.558 bits per heavy atom. The third-order valence-corrected chi connectivity index (χ3v) is 8.22. The SMILES string of the molecule is CC(C)(C)OC(=O)NCCCN(CCc1nc(-c2csc(CCN(CCCNC(=O)OC(C)(C)C)C(=O)OC(C)(C)C)n2)cs1)C(=O)OC(C)(C)C. The Hall–Kier alpha value is -3.66.